The molecule has 1 aromatic heterocycles. The molecule has 1 amide bonds. The number of ether oxygens (including phenoxy) is 1. The number of aromatic nitrogens is 1. The molecular formula is C20H23N3O4. The van der Waals surface area contributed by atoms with Gasteiger partial charge in [-0.2, -0.15) is 0 Å². The summed E-state index contributed by atoms with van der Waals surface area (Å²) in [5.74, 6) is 0.102. The molecule has 27 heavy (non-hydrogen) atoms. The summed E-state index contributed by atoms with van der Waals surface area (Å²) in [6.45, 7) is 2.67. The molecular weight excluding hydrogens is 346 g/mol. The zero-order chi connectivity index (χ0) is 19.2. The van der Waals surface area contributed by atoms with Gasteiger partial charge in [0, 0.05) is 24.3 Å². The Kier molecular flexibility index (Phi) is 6.03. The van der Waals surface area contributed by atoms with E-state index in [1.165, 1.54) is 6.20 Å². The lowest BCUT2D eigenvalue weighted by atomic mass is 9.85. The first kappa shape index (κ1) is 18.8. The van der Waals surface area contributed by atoms with E-state index in [4.69, 9.17) is 9.84 Å². The third-order valence-corrected chi connectivity index (χ3v) is 4.67. The average molecular weight is 369 g/mol. The van der Waals surface area contributed by atoms with Gasteiger partial charge in [-0.1, -0.05) is 25.1 Å². The number of carboxylic acids is 1. The largest absolute Gasteiger partial charge is 0.480 e. The molecule has 7 heteroatoms. The molecule has 3 rings (SSSR count). The highest BCUT2D eigenvalue weighted by molar-refractivity contribution is 5.94. The monoisotopic (exact) mass is 369 g/mol. The number of pyridine rings is 1. The highest BCUT2D eigenvalue weighted by Crippen LogP contribution is 2.26. The first-order valence-corrected chi connectivity index (χ1v) is 9.00. The number of aliphatic carboxylic acids is 1. The highest BCUT2D eigenvalue weighted by Gasteiger charge is 2.34. The lowest BCUT2D eigenvalue weighted by molar-refractivity contribution is -0.139. The summed E-state index contributed by atoms with van der Waals surface area (Å²) in [7, 11) is 0. The van der Waals surface area contributed by atoms with Crippen molar-refractivity contribution in [2.24, 2.45) is 0 Å². The number of nitrogens with one attached hydrogen (secondary N) is 1. The van der Waals surface area contributed by atoms with Gasteiger partial charge in [0.05, 0.1) is 12.1 Å². The normalized spacial score (nSPS) is 18.6. The van der Waals surface area contributed by atoms with Crippen molar-refractivity contribution >= 4 is 11.9 Å². The van der Waals surface area contributed by atoms with Crippen LogP contribution in [0.1, 0.15) is 30.1 Å². The van der Waals surface area contributed by atoms with E-state index in [0.29, 0.717) is 23.7 Å². The smallest absolute Gasteiger partial charge is 0.317 e. The SMILES string of the molecule is CCN(CC(=O)O)C1CC(NC(=O)c2ccc(Oc3ccccc3)nc2)C1. The minimum Gasteiger partial charge on any atom is -0.480 e. The van der Waals surface area contributed by atoms with Crippen molar-refractivity contribution in [3.63, 3.8) is 0 Å². The first-order valence-electron chi connectivity index (χ1n) is 9.00. The summed E-state index contributed by atoms with van der Waals surface area (Å²) < 4.78 is 5.61. The zero-order valence-electron chi connectivity index (χ0n) is 15.2. The van der Waals surface area contributed by atoms with Crippen LogP contribution in [0.15, 0.2) is 48.7 Å². The Bertz CT molecular complexity index is 774. The van der Waals surface area contributed by atoms with E-state index < -0.39 is 5.97 Å². The van der Waals surface area contributed by atoms with Crippen molar-refractivity contribution in [3.8, 4) is 11.6 Å². The lowest BCUT2D eigenvalue weighted by Crippen LogP contribution is -2.54. The van der Waals surface area contributed by atoms with Crippen LogP contribution in [0.2, 0.25) is 0 Å². The number of amides is 1. The van der Waals surface area contributed by atoms with Crippen LogP contribution in [-0.2, 0) is 4.79 Å². The van der Waals surface area contributed by atoms with Gasteiger partial charge >= 0.3 is 5.97 Å². The van der Waals surface area contributed by atoms with Gasteiger partial charge in [-0.3, -0.25) is 14.5 Å². The molecule has 1 saturated carbocycles. The standard InChI is InChI=1S/C20H23N3O4/c1-2-23(13-19(24)25)16-10-15(11-16)22-20(26)14-8-9-18(21-12-14)27-17-6-4-3-5-7-17/h3-9,12,15-16H,2,10-11,13H2,1H3,(H,22,26)(H,24,25). The Morgan fingerprint density at radius 2 is 1.96 bits per heavy atom. The molecule has 0 spiro atoms. The number of nitrogens with zero attached hydrogens (tertiary/aromatic N) is 2. The molecule has 1 heterocycles. The van der Waals surface area contributed by atoms with Crippen LogP contribution >= 0.6 is 0 Å². The fourth-order valence-corrected chi connectivity index (χ4v) is 3.13. The zero-order valence-corrected chi connectivity index (χ0v) is 15.2. The molecule has 2 N–H and O–H groups in total. The quantitative estimate of drug-likeness (QED) is 0.743. The predicted molar refractivity (Wildman–Crippen MR) is 99.9 cm³/mol. The maximum absolute atomic E-state index is 12.3. The summed E-state index contributed by atoms with van der Waals surface area (Å²) in [6.07, 6.45) is 3.01. The van der Waals surface area contributed by atoms with Gasteiger partial charge in [-0.15, -0.1) is 0 Å². The van der Waals surface area contributed by atoms with Gasteiger partial charge < -0.3 is 15.2 Å². The Hall–Kier alpha value is -2.93. The van der Waals surface area contributed by atoms with E-state index >= 15 is 0 Å². The fourth-order valence-electron chi connectivity index (χ4n) is 3.13. The van der Waals surface area contributed by atoms with E-state index in [1.54, 1.807) is 12.1 Å². The van der Waals surface area contributed by atoms with Crippen LogP contribution in [0.3, 0.4) is 0 Å². The Morgan fingerprint density at radius 1 is 1.22 bits per heavy atom. The molecule has 2 aromatic rings. The number of carboxylic acid groups (broad SMARTS) is 1. The number of carbonyl (C=O) groups is 2. The number of rotatable bonds is 8. The molecule has 0 bridgehead atoms. The van der Waals surface area contributed by atoms with E-state index in [9.17, 15) is 9.59 Å². The number of benzene rings is 1. The van der Waals surface area contributed by atoms with Crippen LogP contribution in [0.5, 0.6) is 11.6 Å². The molecule has 0 atom stereocenters. The Labute approximate surface area is 158 Å². The number of carbonyl (C=O) groups excluding carboxylic acids is 1. The molecule has 0 unspecified atom stereocenters. The minimum absolute atomic E-state index is 0.0363. The number of likely N-dealkylation sites (N-methyl/N-ethyl adjacent to an activating group) is 1. The number of hydrogen-bond donors (Lipinski definition) is 2. The summed E-state index contributed by atoms with van der Waals surface area (Å²) in [6, 6.07) is 12.9. The highest BCUT2D eigenvalue weighted by atomic mass is 16.5. The Morgan fingerprint density at radius 3 is 2.56 bits per heavy atom. The van der Waals surface area contributed by atoms with Crippen LogP contribution < -0.4 is 10.1 Å². The van der Waals surface area contributed by atoms with E-state index in [0.717, 1.165) is 12.8 Å². The molecule has 1 aliphatic carbocycles. The second-order valence-electron chi connectivity index (χ2n) is 6.55. The molecule has 0 radical (unpaired) electrons. The molecule has 1 aliphatic rings. The summed E-state index contributed by atoms with van der Waals surface area (Å²) in [5.41, 5.74) is 0.469. The van der Waals surface area contributed by atoms with Crippen LogP contribution in [-0.4, -0.2) is 52.0 Å². The van der Waals surface area contributed by atoms with E-state index in [1.807, 2.05) is 42.2 Å². The molecule has 7 nitrogen and oxygen atoms in total. The van der Waals surface area contributed by atoms with Crippen LogP contribution in [0.25, 0.3) is 0 Å². The van der Waals surface area contributed by atoms with Crippen molar-refractivity contribution in [1.29, 1.82) is 0 Å². The van der Waals surface area contributed by atoms with E-state index in [-0.39, 0.29) is 24.5 Å². The van der Waals surface area contributed by atoms with Crippen molar-refractivity contribution in [2.45, 2.75) is 31.8 Å². The van der Waals surface area contributed by atoms with Crippen LogP contribution in [0, 0.1) is 0 Å². The number of para-hydroxylation sites is 1. The predicted octanol–water partition coefficient (Wildman–Crippen LogP) is 2.54. The molecule has 0 saturated heterocycles. The lowest BCUT2D eigenvalue weighted by Gasteiger charge is -2.42. The molecule has 142 valence electrons. The molecule has 1 fully saturated rings. The van der Waals surface area contributed by atoms with Gasteiger partial charge in [-0.05, 0) is 37.6 Å². The van der Waals surface area contributed by atoms with Crippen molar-refractivity contribution in [1.82, 2.24) is 15.2 Å². The Balaban J connectivity index is 1.48. The number of hydrogen-bond acceptors (Lipinski definition) is 5. The fraction of sp³-hybridized carbons (Fsp3) is 0.350. The van der Waals surface area contributed by atoms with Crippen molar-refractivity contribution in [3.05, 3.63) is 54.2 Å². The average Bonchev–Trinajstić information content (AvgIpc) is 2.64. The second-order valence-corrected chi connectivity index (χ2v) is 6.55. The van der Waals surface area contributed by atoms with Crippen molar-refractivity contribution in [2.75, 3.05) is 13.1 Å². The minimum atomic E-state index is -0.826. The topological polar surface area (TPSA) is 91.8 Å². The summed E-state index contributed by atoms with van der Waals surface area (Å²) in [5, 5.41) is 11.9. The van der Waals surface area contributed by atoms with Gasteiger partial charge in [-0.25, -0.2) is 4.98 Å². The maximum atomic E-state index is 12.3. The maximum Gasteiger partial charge on any atom is 0.317 e. The summed E-state index contributed by atoms with van der Waals surface area (Å²) >= 11 is 0. The van der Waals surface area contributed by atoms with E-state index in [2.05, 4.69) is 10.3 Å². The third-order valence-electron chi connectivity index (χ3n) is 4.67. The first-order chi connectivity index (χ1) is 13.0. The van der Waals surface area contributed by atoms with Gasteiger partial charge in [0.2, 0.25) is 5.88 Å². The molecule has 0 aliphatic heterocycles. The second kappa shape index (κ2) is 8.64. The van der Waals surface area contributed by atoms with Gasteiger partial charge in [0.1, 0.15) is 5.75 Å². The van der Waals surface area contributed by atoms with Crippen molar-refractivity contribution < 1.29 is 19.4 Å². The molecule has 1 aromatic carbocycles. The third kappa shape index (κ3) is 5.04. The van der Waals surface area contributed by atoms with Gasteiger partial charge in [0.25, 0.3) is 5.91 Å². The summed E-state index contributed by atoms with van der Waals surface area (Å²) in [4.78, 5) is 29.3. The van der Waals surface area contributed by atoms with Gasteiger partial charge in [0.15, 0.2) is 0 Å². The van der Waals surface area contributed by atoms with Crippen LogP contribution in [0.4, 0.5) is 0 Å².